The maximum atomic E-state index is 13.4. The molecule has 0 amide bonds. The van der Waals surface area contributed by atoms with E-state index in [2.05, 4.69) is 0 Å². The number of rotatable bonds is 3. The average Bonchev–Trinajstić information content (AvgIpc) is 2.67. The molecule has 0 unspecified atom stereocenters. The van der Waals surface area contributed by atoms with Crippen LogP contribution in [-0.4, -0.2) is 23.9 Å². The van der Waals surface area contributed by atoms with Crippen LogP contribution >= 0.6 is 11.6 Å². The van der Waals surface area contributed by atoms with Gasteiger partial charge in [-0.1, -0.05) is 29.3 Å². The van der Waals surface area contributed by atoms with E-state index in [1.165, 1.54) is 49.6 Å². The monoisotopic (exact) mass is 449 g/mol. The van der Waals surface area contributed by atoms with Gasteiger partial charge in [0.05, 0.1) is 22.6 Å². The van der Waals surface area contributed by atoms with Crippen LogP contribution in [-0.2, 0) is 20.0 Å². The fourth-order valence-corrected chi connectivity index (χ4v) is 7.32. The average molecular weight is 450 g/mol. The Morgan fingerprint density at radius 2 is 1.62 bits per heavy atom. The summed E-state index contributed by atoms with van der Waals surface area (Å²) in [6.07, 6.45) is 0. The van der Waals surface area contributed by atoms with Gasteiger partial charge in [0.25, 0.3) is 20.0 Å². The summed E-state index contributed by atoms with van der Waals surface area (Å²) in [7, 11) is -7.33. The molecule has 29 heavy (non-hydrogen) atoms. The van der Waals surface area contributed by atoms with Gasteiger partial charge in [-0.2, -0.15) is 12.1 Å². The topological polar surface area (TPSA) is 80.8 Å². The molecule has 150 valence electrons. The van der Waals surface area contributed by atoms with Crippen molar-refractivity contribution < 1.29 is 21.6 Å². The molecular weight excluding hydrogens is 434 g/mol. The minimum Gasteiger partial charge on any atom is -0.497 e. The number of nitrogens with zero attached hydrogens (tertiary/aromatic N) is 1. The van der Waals surface area contributed by atoms with Crippen molar-refractivity contribution in [3.05, 3.63) is 71.2 Å². The van der Waals surface area contributed by atoms with Crippen LogP contribution in [0.4, 0.5) is 5.69 Å². The summed E-state index contributed by atoms with van der Waals surface area (Å²) >= 11 is 6.09. The van der Waals surface area contributed by atoms with Gasteiger partial charge in [-0.25, -0.2) is 8.42 Å². The molecule has 0 bridgehead atoms. The molecule has 3 aromatic rings. The first-order valence-electron chi connectivity index (χ1n) is 8.51. The highest BCUT2D eigenvalue weighted by atomic mass is 35.5. The minimum absolute atomic E-state index is 0.0149. The second kappa shape index (κ2) is 6.76. The van der Waals surface area contributed by atoms with Crippen molar-refractivity contribution in [2.75, 3.05) is 10.8 Å². The summed E-state index contributed by atoms with van der Waals surface area (Å²) in [5.41, 5.74) is 1.59. The Morgan fingerprint density at radius 3 is 2.28 bits per heavy atom. The smallest absolute Gasteiger partial charge is 0.278 e. The van der Waals surface area contributed by atoms with Crippen LogP contribution in [0.2, 0.25) is 5.02 Å². The Labute approximate surface area is 174 Å². The zero-order chi connectivity index (χ0) is 21.0. The predicted octanol–water partition coefficient (Wildman–Crippen LogP) is 4.22. The number of hydrogen-bond acceptors (Lipinski definition) is 5. The second-order valence-corrected chi connectivity index (χ2v) is 10.8. The number of methoxy groups -OCH3 is 1. The summed E-state index contributed by atoms with van der Waals surface area (Å²) in [5.74, 6) is 0.460. The maximum absolute atomic E-state index is 13.4. The van der Waals surface area contributed by atoms with E-state index in [1.807, 2.05) is 6.92 Å². The van der Waals surface area contributed by atoms with Crippen LogP contribution < -0.4 is 8.45 Å². The maximum Gasteiger partial charge on any atom is 0.278 e. The van der Waals surface area contributed by atoms with Gasteiger partial charge in [-0.15, -0.1) is 0 Å². The van der Waals surface area contributed by atoms with E-state index in [9.17, 15) is 16.8 Å². The molecule has 0 saturated heterocycles. The van der Waals surface area contributed by atoms with Crippen molar-refractivity contribution in [2.45, 2.75) is 16.7 Å². The molecule has 0 radical (unpaired) electrons. The van der Waals surface area contributed by atoms with Crippen molar-refractivity contribution in [3.63, 3.8) is 0 Å². The third kappa shape index (κ3) is 3.08. The fraction of sp³-hybridized carbons (Fsp3) is 0.100. The first kappa shape index (κ1) is 19.8. The van der Waals surface area contributed by atoms with Crippen molar-refractivity contribution in [1.29, 1.82) is 0 Å². The van der Waals surface area contributed by atoms with Crippen molar-refractivity contribution in [1.82, 2.24) is 0 Å². The van der Waals surface area contributed by atoms with Crippen LogP contribution in [0, 0.1) is 6.92 Å². The SMILES string of the molecule is COc1ccc2c(c1)-c1cc(Cl)ccc1S(=O)(=O)N2S(=O)(=O)c1ccc(C)cc1. The lowest BCUT2D eigenvalue weighted by Crippen LogP contribution is -2.39. The first-order chi connectivity index (χ1) is 13.7. The number of halogens is 1. The van der Waals surface area contributed by atoms with Gasteiger partial charge in [0.2, 0.25) is 0 Å². The Balaban J connectivity index is 2.06. The van der Waals surface area contributed by atoms with Gasteiger partial charge >= 0.3 is 0 Å². The molecule has 1 aliphatic heterocycles. The van der Waals surface area contributed by atoms with E-state index >= 15 is 0 Å². The Morgan fingerprint density at radius 1 is 0.931 bits per heavy atom. The summed E-state index contributed by atoms with van der Waals surface area (Å²) in [4.78, 5) is -0.260. The lowest BCUT2D eigenvalue weighted by Gasteiger charge is -2.31. The molecule has 9 heteroatoms. The number of benzene rings is 3. The molecule has 0 aliphatic carbocycles. The summed E-state index contributed by atoms with van der Waals surface area (Å²) < 4.78 is 59.3. The summed E-state index contributed by atoms with van der Waals surface area (Å²) in [6, 6.07) is 14.8. The molecule has 0 aromatic heterocycles. The molecule has 0 atom stereocenters. The quantitative estimate of drug-likeness (QED) is 0.598. The molecule has 1 aliphatic rings. The highest BCUT2D eigenvalue weighted by Crippen LogP contribution is 2.47. The molecule has 1 heterocycles. The predicted molar refractivity (Wildman–Crippen MR) is 111 cm³/mol. The number of sulfonamides is 2. The molecular formula is C20H16ClNO5S2. The van der Waals surface area contributed by atoms with Crippen LogP contribution in [0.5, 0.6) is 5.75 Å². The van der Waals surface area contributed by atoms with Crippen LogP contribution in [0.3, 0.4) is 0 Å². The Kier molecular flexibility index (Phi) is 4.60. The minimum atomic E-state index is -4.40. The molecule has 0 saturated carbocycles. The van der Waals surface area contributed by atoms with Crippen LogP contribution in [0.1, 0.15) is 5.56 Å². The van der Waals surface area contributed by atoms with E-state index in [0.717, 1.165) is 5.56 Å². The number of anilines is 1. The zero-order valence-electron chi connectivity index (χ0n) is 15.5. The van der Waals surface area contributed by atoms with E-state index in [1.54, 1.807) is 18.2 Å². The molecule has 0 N–H and O–H groups in total. The summed E-state index contributed by atoms with van der Waals surface area (Å²) in [6.45, 7) is 1.82. The van der Waals surface area contributed by atoms with E-state index < -0.39 is 20.0 Å². The van der Waals surface area contributed by atoms with Gasteiger partial charge in [-0.3, -0.25) is 0 Å². The highest BCUT2D eigenvalue weighted by molar-refractivity contribution is 8.10. The standard InChI is InChI=1S/C20H16ClNO5S2/c1-13-3-7-16(8-4-13)28(23,24)22-19-9-6-15(27-2)12-17(19)18-11-14(21)5-10-20(18)29(22,25)26/h3-12H,1-2H3. The Bertz CT molecular complexity index is 1310. The van der Waals surface area contributed by atoms with Crippen molar-refractivity contribution >= 4 is 37.3 Å². The zero-order valence-corrected chi connectivity index (χ0v) is 17.8. The lowest BCUT2D eigenvalue weighted by atomic mass is 10.0. The van der Waals surface area contributed by atoms with Crippen molar-refractivity contribution in [3.8, 4) is 16.9 Å². The highest BCUT2D eigenvalue weighted by Gasteiger charge is 2.43. The Hall–Kier alpha value is -2.55. The molecule has 6 nitrogen and oxygen atoms in total. The number of fused-ring (bicyclic) bond motifs is 3. The normalized spacial score (nSPS) is 14.8. The molecule has 0 spiro atoms. The van der Waals surface area contributed by atoms with Gasteiger partial charge in [0.1, 0.15) is 5.75 Å². The number of ether oxygens (including phenoxy) is 1. The number of aryl methyl sites for hydroxylation is 1. The summed E-state index contributed by atoms with van der Waals surface area (Å²) in [5, 5.41) is 0.336. The van der Waals surface area contributed by atoms with Gasteiger partial charge < -0.3 is 4.74 Å². The van der Waals surface area contributed by atoms with Crippen molar-refractivity contribution in [2.24, 2.45) is 0 Å². The largest absolute Gasteiger partial charge is 0.497 e. The third-order valence-electron chi connectivity index (χ3n) is 4.67. The fourth-order valence-electron chi connectivity index (χ4n) is 3.24. The first-order valence-corrected chi connectivity index (χ1v) is 11.8. The van der Waals surface area contributed by atoms with Crippen LogP contribution in [0.15, 0.2) is 70.5 Å². The van der Waals surface area contributed by atoms with E-state index in [-0.39, 0.29) is 15.5 Å². The van der Waals surface area contributed by atoms with E-state index in [0.29, 0.717) is 25.6 Å². The third-order valence-corrected chi connectivity index (χ3v) is 9.12. The van der Waals surface area contributed by atoms with Crippen LogP contribution in [0.25, 0.3) is 11.1 Å². The molecule has 3 aromatic carbocycles. The molecule has 4 rings (SSSR count). The lowest BCUT2D eigenvalue weighted by molar-refractivity contribution is 0.415. The van der Waals surface area contributed by atoms with Gasteiger partial charge in [0, 0.05) is 16.1 Å². The van der Waals surface area contributed by atoms with Gasteiger partial charge in [-0.05, 0) is 55.5 Å². The van der Waals surface area contributed by atoms with Gasteiger partial charge in [0.15, 0.2) is 0 Å². The van der Waals surface area contributed by atoms with E-state index in [4.69, 9.17) is 16.3 Å². The number of hydrogen-bond donors (Lipinski definition) is 0. The second-order valence-electron chi connectivity index (χ2n) is 6.54. The molecule has 0 fully saturated rings.